The maximum atomic E-state index is 12.5. The molecular weight excluding hydrogens is 366 g/mol. The lowest BCUT2D eigenvalue weighted by Gasteiger charge is -2.25. The van der Waals surface area contributed by atoms with Crippen molar-refractivity contribution < 1.29 is 14.3 Å². The van der Waals surface area contributed by atoms with Gasteiger partial charge in [-0.05, 0) is 49.7 Å². The molecule has 27 heavy (non-hydrogen) atoms. The number of carbonyl (C=O) groups is 2. The minimum atomic E-state index is -0.350. The molecule has 0 bridgehead atoms. The summed E-state index contributed by atoms with van der Waals surface area (Å²) in [7, 11) is 7.12. The minimum Gasteiger partial charge on any atom is -0.496 e. The monoisotopic (exact) mass is 395 g/mol. The molecule has 1 aromatic carbocycles. The van der Waals surface area contributed by atoms with Gasteiger partial charge in [-0.15, -0.1) is 0 Å². The van der Waals surface area contributed by atoms with Crippen molar-refractivity contribution in [1.82, 2.24) is 15.5 Å². The van der Waals surface area contributed by atoms with Crippen molar-refractivity contribution in [3.05, 3.63) is 40.2 Å². The Labute approximate surface area is 166 Å². The van der Waals surface area contributed by atoms with E-state index in [9.17, 15) is 9.59 Å². The predicted octanol–water partition coefficient (Wildman–Crippen LogP) is 2.62. The van der Waals surface area contributed by atoms with Crippen molar-refractivity contribution in [3.63, 3.8) is 0 Å². The summed E-state index contributed by atoms with van der Waals surface area (Å²) in [4.78, 5) is 25.9. The lowest BCUT2D eigenvalue weighted by atomic mass is 9.82. The fourth-order valence-corrected chi connectivity index (χ4v) is 3.08. The molecule has 0 saturated carbocycles. The number of ether oxygens (including phenoxy) is 1. The first kappa shape index (κ1) is 23.0. The molecule has 0 aliphatic carbocycles. The van der Waals surface area contributed by atoms with Gasteiger partial charge in [-0.3, -0.25) is 9.59 Å². The van der Waals surface area contributed by atoms with Gasteiger partial charge in [-0.1, -0.05) is 25.4 Å². The van der Waals surface area contributed by atoms with E-state index < -0.39 is 0 Å². The fourth-order valence-electron chi connectivity index (χ4n) is 2.88. The molecule has 6 nitrogen and oxygen atoms in total. The number of likely N-dealkylation sites (N-methyl/N-ethyl adjacent to an activating group) is 2. The van der Waals surface area contributed by atoms with Crippen LogP contribution < -0.4 is 15.4 Å². The van der Waals surface area contributed by atoms with Crippen molar-refractivity contribution in [3.8, 4) is 5.75 Å². The summed E-state index contributed by atoms with van der Waals surface area (Å²) in [6.07, 6.45) is 1.53. The second-order valence-corrected chi connectivity index (χ2v) is 7.96. The van der Waals surface area contributed by atoms with Crippen molar-refractivity contribution in [1.29, 1.82) is 0 Å². The van der Waals surface area contributed by atoms with Crippen LogP contribution in [-0.2, 0) is 16.0 Å². The van der Waals surface area contributed by atoms with E-state index in [4.69, 9.17) is 16.3 Å². The number of carbonyl (C=O) groups excluding carboxylic acids is 2. The van der Waals surface area contributed by atoms with Crippen LogP contribution in [0.25, 0.3) is 0 Å². The lowest BCUT2D eigenvalue weighted by Crippen LogP contribution is -2.34. The van der Waals surface area contributed by atoms with Crippen molar-refractivity contribution in [2.24, 2.45) is 5.41 Å². The summed E-state index contributed by atoms with van der Waals surface area (Å²) in [5, 5.41) is 6.33. The number of rotatable bonds is 10. The fraction of sp³-hybridized carbons (Fsp3) is 0.500. The molecule has 7 heteroatoms. The third-order valence-corrected chi connectivity index (χ3v) is 4.28. The Morgan fingerprint density at radius 3 is 2.52 bits per heavy atom. The van der Waals surface area contributed by atoms with Crippen LogP contribution in [0.2, 0.25) is 5.02 Å². The van der Waals surface area contributed by atoms with Gasteiger partial charge < -0.3 is 20.3 Å². The molecule has 150 valence electrons. The molecule has 1 amide bonds. The first-order valence-corrected chi connectivity index (χ1v) is 9.12. The zero-order chi connectivity index (χ0) is 20.6. The number of hydrogen-bond acceptors (Lipinski definition) is 5. The Kier molecular flexibility index (Phi) is 8.79. The molecule has 0 radical (unpaired) electrons. The highest BCUT2D eigenvalue weighted by Gasteiger charge is 2.25. The van der Waals surface area contributed by atoms with E-state index in [1.165, 1.54) is 0 Å². The predicted molar refractivity (Wildman–Crippen MR) is 109 cm³/mol. The summed E-state index contributed by atoms with van der Waals surface area (Å²) in [6.45, 7) is 4.51. The van der Waals surface area contributed by atoms with E-state index in [1.54, 1.807) is 20.2 Å². The maximum absolute atomic E-state index is 12.5. The molecule has 0 spiro atoms. The molecule has 0 fully saturated rings. The van der Waals surface area contributed by atoms with Gasteiger partial charge in [-0.25, -0.2) is 0 Å². The molecule has 1 aromatic rings. The lowest BCUT2D eigenvalue weighted by molar-refractivity contribution is -0.123. The molecule has 0 unspecified atom stereocenters. The van der Waals surface area contributed by atoms with Crippen LogP contribution >= 0.6 is 11.6 Å². The number of allylic oxidation sites excluding steroid dienone is 1. The number of nitrogens with one attached hydrogen (secondary N) is 2. The van der Waals surface area contributed by atoms with Gasteiger partial charge in [-0.2, -0.15) is 0 Å². The Morgan fingerprint density at radius 1 is 1.33 bits per heavy atom. The molecule has 0 aromatic heterocycles. The van der Waals surface area contributed by atoms with Crippen molar-refractivity contribution in [2.45, 2.75) is 26.7 Å². The van der Waals surface area contributed by atoms with E-state index in [1.807, 2.05) is 45.0 Å². The van der Waals surface area contributed by atoms with Gasteiger partial charge in [0.05, 0.1) is 12.8 Å². The average Bonchev–Trinajstić information content (AvgIpc) is 2.56. The summed E-state index contributed by atoms with van der Waals surface area (Å²) < 4.78 is 5.39. The maximum Gasteiger partial charge on any atom is 0.225 e. The average molecular weight is 396 g/mol. The second-order valence-electron chi connectivity index (χ2n) is 7.52. The molecule has 2 N–H and O–H groups in total. The Balaban J connectivity index is 2.89. The molecular formula is C20H30ClN3O3. The van der Waals surface area contributed by atoms with Crippen molar-refractivity contribution in [2.75, 3.05) is 34.8 Å². The number of methoxy groups -OCH3 is 1. The summed E-state index contributed by atoms with van der Waals surface area (Å²) >= 11 is 6.10. The third kappa shape index (κ3) is 7.61. The number of nitrogens with zero attached hydrogens (tertiary/aromatic N) is 1. The van der Waals surface area contributed by atoms with Gasteiger partial charge in [0.2, 0.25) is 5.91 Å². The van der Waals surface area contributed by atoms with Gasteiger partial charge in [0.1, 0.15) is 11.4 Å². The van der Waals surface area contributed by atoms with E-state index in [0.717, 1.165) is 11.3 Å². The summed E-state index contributed by atoms with van der Waals surface area (Å²) in [6, 6.07) is 5.45. The molecule has 0 saturated heterocycles. The first-order chi connectivity index (χ1) is 12.6. The summed E-state index contributed by atoms with van der Waals surface area (Å²) in [5.74, 6) is 0.527. The largest absolute Gasteiger partial charge is 0.496 e. The Morgan fingerprint density at radius 2 is 2.00 bits per heavy atom. The zero-order valence-corrected chi connectivity index (χ0v) is 17.7. The molecule has 0 aliphatic heterocycles. The number of aldehydes is 1. The number of benzene rings is 1. The zero-order valence-electron chi connectivity index (χ0n) is 17.0. The summed E-state index contributed by atoms with van der Waals surface area (Å²) in [5.41, 5.74) is 1.51. The van der Waals surface area contributed by atoms with E-state index in [2.05, 4.69) is 10.6 Å². The van der Waals surface area contributed by atoms with Gasteiger partial charge in [0.15, 0.2) is 6.29 Å². The second kappa shape index (κ2) is 10.3. The van der Waals surface area contributed by atoms with Crippen LogP contribution in [0.15, 0.2) is 29.6 Å². The molecule has 0 heterocycles. The van der Waals surface area contributed by atoms with Gasteiger partial charge in [0.25, 0.3) is 0 Å². The van der Waals surface area contributed by atoms with Crippen LogP contribution in [0, 0.1) is 5.41 Å². The molecule has 0 aliphatic rings. The molecule has 0 atom stereocenters. The third-order valence-electron chi connectivity index (χ3n) is 4.04. The quantitative estimate of drug-likeness (QED) is 0.470. The topological polar surface area (TPSA) is 70.7 Å². The van der Waals surface area contributed by atoms with Gasteiger partial charge >= 0.3 is 0 Å². The SMILES string of the molecule is CN/C(CN(C)C)=C(\C=O)NC(=O)CC(C)(C)Cc1cc(Cl)ccc1OC. The normalized spacial score (nSPS) is 12.4. The van der Waals surface area contributed by atoms with Crippen LogP contribution in [-0.4, -0.2) is 51.9 Å². The smallest absolute Gasteiger partial charge is 0.225 e. The first-order valence-electron chi connectivity index (χ1n) is 8.75. The number of halogens is 1. The highest BCUT2D eigenvalue weighted by atomic mass is 35.5. The molecule has 1 rings (SSSR count). The highest BCUT2D eigenvalue weighted by molar-refractivity contribution is 6.30. The van der Waals surface area contributed by atoms with Crippen LogP contribution in [0.4, 0.5) is 0 Å². The minimum absolute atomic E-state index is 0.213. The van der Waals surface area contributed by atoms with Crippen LogP contribution in [0.3, 0.4) is 0 Å². The van der Waals surface area contributed by atoms with Crippen LogP contribution in [0.5, 0.6) is 5.75 Å². The van der Waals surface area contributed by atoms with Gasteiger partial charge in [0, 0.05) is 25.0 Å². The van der Waals surface area contributed by atoms with Crippen molar-refractivity contribution >= 4 is 23.8 Å². The Bertz CT molecular complexity index is 700. The van der Waals surface area contributed by atoms with Crippen LogP contribution in [0.1, 0.15) is 25.8 Å². The number of hydrogen-bond donors (Lipinski definition) is 2. The van der Waals surface area contributed by atoms with E-state index in [-0.39, 0.29) is 23.4 Å². The Hall–Kier alpha value is -2.05. The number of amides is 1. The van der Waals surface area contributed by atoms with E-state index >= 15 is 0 Å². The highest BCUT2D eigenvalue weighted by Crippen LogP contribution is 2.32. The van der Waals surface area contributed by atoms with E-state index in [0.29, 0.717) is 30.0 Å². The standard InChI is InChI=1S/C20H30ClN3O3/c1-20(2,10-14-9-15(21)7-8-18(14)27-6)11-19(26)23-17(13-25)16(22-3)12-24(4)5/h7-9,13,22H,10-12H2,1-6H3,(H,23,26)/b17-16+.